The van der Waals surface area contributed by atoms with E-state index in [0.29, 0.717) is 46.1 Å². The van der Waals surface area contributed by atoms with E-state index in [4.69, 9.17) is 67.1 Å². The van der Waals surface area contributed by atoms with Crippen LogP contribution < -0.4 is 5.32 Å². The molecule has 3 saturated heterocycles. The minimum atomic E-state index is -1.13. The van der Waals surface area contributed by atoms with Crippen molar-refractivity contribution >= 4 is 5.91 Å². The van der Waals surface area contributed by atoms with E-state index in [9.17, 15) is 4.79 Å². The molecule has 406 valence electrons. The summed E-state index contributed by atoms with van der Waals surface area (Å²) >= 11 is 0. The van der Waals surface area contributed by atoms with Crippen LogP contribution in [0.15, 0.2) is 157 Å². The number of hydrogen-bond donors (Lipinski definition) is 1. The zero-order valence-corrected chi connectivity index (χ0v) is 42.9. The van der Waals surface area contributed by atoms with Gasteiger partial charge in [-0.3, -0.25) is 4.79 Å². The van der Waals surface area contributed by atoms with Gasteiger partial charge < -0.3 is 66.9 Å². The zero-order chi connectivity index (χ0) is 52.4. The fraction of sp³-hybridized carbons (Fsp3) is 0.466. The van der Waals surface area contributed by atoms with Gasteiger partial charge >= 0.3 is 0 Å². The highest BCUT2D eigenvalue weighted by Gasteiger charge is 2.56. The van der Waals surface area contributed by atoms with Crippen molar-refractivity contribution in [2.45, 2.75) is 107 Å². The molecule has 76 heavy (non-hydrogen) atoms. The molecule has 0 radical (unpaired) electrons. The van der Waals surface area contributed by atoms with Crippen LogP contribution in [-0.2, 0) is 92.8 Å². The Morgan fingerprint density at radius 3 is 1.70 bits per heavy atom. The Morgan fingerprint density at radius 1 is 0.566 bits per heavy atom. The SMILES string of the molecule is CC(=O)N[C@H]1[C@H](OCc2ccccc2)O[C@H](COCc2ccccc2)[C@@H](O[C@@H]2O[C@@H]3CO[C@@H](c4ccccc4)O[C@H]3[C@H](OCCOCCCOCCOCCN=[N+]=[N-])[C@@H]2OCc2ccccc2)[C@@H]1OCc1ccccc1. The lowest BCUT2D eigenvalue weighted by atomic mass is 9.94. The van der Waals surface area contributed by atoms with Crippen LogP contribution in [0.2, 0.25) is 0 Å². The van der Waals surface area contributed by atoms with Crippen LogP contribution in [0.5, 0.6) is 0 Å². The molecule has 0 unspecified atom stereocenters. The van der Waals surface area contributed by atoms with Crippen LogP contribution in [-0.4, -0.2) is 133 Å². The Balaban J connectivity index is 1.07. The molecule has 8 rings (SSSR count). The summed E-state index contributed by atoms with van der Waals surface area (Å²) in [5, 5.41) is 6.58. The smallest absolute Gasteiger partial charge is 0.217 e. The lowest BCUT2D eigenvalue weighted by Crippen LogP contribution is -2.69. The molecule has 3 aliphatic heterocycles. The van der Waals surface area contributed by atoms with Gasteiger partial charge in [-0.05, 0) is 34.2 Å². The molecule has 1 amide bonds. The van der Waals surface area contributed by atoms with Crippen molar-refractivity contribution in [1.82, 2.24) is 5.32 Å². The van der Waals surface area contributed by atoms with Crippen LogP contribution in [0.1, 0.15) is 47.5 Å². The highest BCUT2D eigenvalue weighted by molar-refractivity contribution is 5.73. The van der Waals surface area contributed by atoms with Crippen molar-refractivity contribution < 1.29 is 66.4 Å². The molecule has 0 aromatic heterocycles. The van der Waals surface area contributed by atoms with Crippen LogP contribution in [0.25, 0.3) is 10.4 Å². The maximum absolute atomic E-state index is 13.3. The van der Waals surface area contributed by atoms with Crippen LogP contribution >= 0.6 is 0 Å². The normalized spacial score (nSPS) is 25.2. The standard InChI is InChI=1S/C58H70N4O14/c1-42(63)61-50-53(69-37-44-20-9-3-10-21-44)51(48(40-67-36-43-18-7-2-8-19-43)73-57(50)71-39-46-24-13-5-14-25-46)76-58-55(70-38-45-22-11-4-12-23-45)54(52-49(74-58)41-72-56(75-52)47-26-15-6-16-27-47)68-35-34-65-30-17-29-64-32-33-66-31-28-60-62-59/h2-16,18-27,48-58H,17,28-41H2,1H3,(H,61,63)/t48-,49-,50-,51-,52-,53-,54+,55+,56-,57-,58+/m1/s1. The molecule has 11 atom stereocenters. The number of amides is 1. The molecule has 0 saturated carbocycles. The van der Waals surface area contributed by atoms with Gasteiger partial charge in [0.25, 0.3) is 0 Å². The third-order valence-corrected chi connectivity index (χ3v) is 12.8. The van der Waals surface area contributed by atoms with E-state index in [-0.39, 0.29) is 58.7 Å². The molecule has 3 heterocycles. The summed E-state index contributed by atoms with van der Waals surface area (Å²) in [6, 6.07) is 48.1. The number of carbonyl (C=O) groups is 1. The first-order valence-corrected chi connectivity index (χ1v) is 26.0. The van der Waals surface area contributed by atoms with Crippen LogP contribution in [0.4, 0.5) is 0 Å². The average molecular weight is 1050 g/mol. The molecule has 0 aliphatic carbocycles. The topological polar surface area (TPSA) is 198 Å². The van der Waals surface area contributed by atoms with Crippen molar-refractivity contribution in [1.29, 1.82) is 0 Å². The van der Waals surface area contributed by atoms with Crippen molar-refractivity contribution in [2.75, 3.05) is 66.0 Å². The maximum Gasteiger partial charge on any atom is 0.217 e. The number of rotatable bonds is 31. The first kappa shape index (κ1) is 56.6. The summed E-state index contributed by atoms with van der Waals surface area (Å²) in [7, 11) is 0. The monoisotopic (exact) mass is 1050 g/mol. The van der Waals surface area contributed by atoms with Crippen molar-refractivity contribution in [3.63, 3.8) is 0 Å². The highest BCUT2D eigenvalue weighted by atomic mass is 16.8. The predicted molar refractivity (Wildman–Crippen MR) is 278 cm³/mol. The lowest BCUT2D eigenvalue weighted by molar-refractivity contribution is -0.391. The molecule has 5 aromatic rings. The van der Waals surface area contributed by atoms with Crippen molar-refractivity contribution in [2.24, 2.45) is 5.11 Å². The van der Waals surface area contributed by atoms with Crippen molar-refractivity contribution in [3.8, 4) is 0 Å². The number of nitrogens with zero attached hydrogens (tertiary/aromatic N) is 3. The molecular formula is C58H70N4O14. The lowest BCUT2D eigenvalue weighted by Gasteiger charge is -2.51. The van der Waals surface area contributed by atoms with E-state index >= 15 is 0 Å². The minimum Gasteiger partial charge on any atom is -0.379 e. The average Bonchev–Trinajstić information content (AvgIpc) is 3.47. The number of ether oxygens (including phenoxy) is 13. The highest BCUT2D eigenvalue weighted by Crippen LogP contribution is 2.39. The molecule has 3 fully saturated rings. The quantitative estimate of drug-likeness (QED) is 0.0193. The summed E-state index contributed by atoms with van der Waals surface area (Å²) < 4.78 is 85.4. The summed E-state index contributed by atoms with van der Waals surface area (Å²) in [4.78, 5) is 16.0. The largest absolute Gasteiger partial charge is 0.379 e. The Kier molecular flexibility index (Phi) is 23.5. The summed E-state index contributed by atoms with van der Waals surface area (Å²) in [5.74, 6) is -0.314. The number of nitrogens with one attached hydrogen (secondary N) is 1. The summed E-state index contributed by atoms with van der Waals surface area (Å²) in [5.41, 5.74) is 13.0. The summed E-state index contributed by atoms with van der Waals surface area (Å²) in [6.07, 6.45) is -7.92. The van der Waals surface area contributed by atoms with Gasteiger partial charge in [0.05, 0.1) is 72.7 Å². The molecular weight excluding hydrogens is 977 g/mol. The third-order valence-electron chi connectivity index (χ3n) is 12.8. The van der Waals surface area contributed by atoms with Crippen LogP contribution in [0.3, 0.4) is 0 Å². The third kappa shape index (κ3) is 17.7. The number of azide groups is 1. The number of benzene rings is 5. The summed E-state index contributed by atoms with van der Waals surface area (Å²) in [6.45, 7) is 5.29. The van der Waals surface area contributed by atoms with Crippen LogP contribution in [0, 0.1) is 0 Å². The van der Waals surface area contributed by atoms with E-state index in [0.717, 1.165) is 27.8 Å². The van der Waals surface area contributed by atoms with Gasteiger partial charge in [0.15, 0.2) is 18.9 Å². The molecule has 18 nitrogen and oxygen atoms in total. The number of hydrogen-bond acceptors (Lipinski definition) is 15. The van der Waals surface area contributed by atoms with Gasteiger partial charge in [0.2, 0.25) is 5.91 Å². The first-order valence-electron chi connectivity index (χ1n) is 26.0. The van der Waals surface area contributed by atoms with E-state index in [1.165, 1.54) is 6.92 Å². The molecule has 3 aliphatic rings. The number of carbonyl (C=O) groups excluding carboxylic acids is 1. The Labute approximate surface area is 444 Å². The zero-order valence-electron chi connectivity index (χ0n) is 42.9. The van der Waals surface area contributed by atoms with E-state index < -0.39 is 67.6 Å². The van der Waals surface area contributed by atoms with E-state index in [1.54, 1.807) is 0 Å². The number of fused-ring (bicyclic) bond motifs is 1. The van der Waals surface area contributed by atoms with Crippen molar-refractivity contribution in [3.05, 3.63) is 190 Å². The van der Waals surface area contributed by atoms with Gasteiger partial charge in [-0.2, -0.15) is 0 Å². The maximum atomic E-state index is 13.3. The second-order valence-electron chi connectivity index (χ2n) is 18.4. The predicted octanol–water partition coefficient (Wildman–Crippen LogP) is 8.18. The molecule has 0 spiro atoms. The minimum absolute atomic E-state index is 0.0526. The van der Waals surface area contributed by atoms with Gasteiger partial charge in [-0.1, -0.05) is 157 Å². The molecule has 18 heteroatoms. The second-order valence-corrected chi connectivity index (χ2v) is 18.4. The fourth-order valence-corrected chi connectivity index (χ4v) is 9.12. The van der Waals surface area contributed by atoms with Gasteiger partial charge in [0, 0.05) is 37.2 Å². The second kappa shape index (κ2) is 31.5. The van der Waals surface area contributed by atoms with E-state index in [1.807, 2.05) is 152 Å². The van der Waals surface area contributed by atoms with Gasteiger partial charge in [0.1, 0.15) is 48.8 Å². The molecule has 0 bridgehead atoms. The Hall–Kier alpha value is -5.64. The van der Waals surface area contributed by atoms with Gasteiger partial charge in [-0.15, -0.1) is 0 Å². The fourth-order valence-electron chi connectivity index (χ4n) is 9.12. The molecule has 1 N–H and O–H groups in total. The van der Waals surface area contributed by atoms with E-state index in [2.05, 4.69) is 15.3 Å². The first-order chi connectivity index (χ1) is 37.5. The molecule has 5 aromatic carbocycles. The Bertz CT molecular complexity index is 2430. The Morgan fingerprint density at radius 2 is 1.11 bits per heavy atom. The van der Waals surface area contributed by atoms with Gasteiger partial charge in [-0.25, -0.2) is 0 Å².